The number of rotatable bonds is 3. The summed E-state index contributed by atoms with van der Waals surface area (Å²) in [4.78, 5) is 11.2. The van der Waals surface area contributed by atoms with Crippen molar-refractivity contribution >= 4 is 16.9 Å². The maximum atomic E-state index is 11.2. The fraction of sp³-hybridized carbons (Fsp3) is 0.909. The van der Waals surface area contributed by atoms with Crippen LogP contribution in [0.2, 0.25) is 0 Å². The summed E-state index contributed by atoms with van der Waals surface area (Å²) in [5.74, 6) is 0.668. The van der Waals surface area contributed by atoms with Crippen molar-refractivity contribution in [2.24, 2.45) is 5.92 Å². The minimum Gasteiger partial charge on any atom is -0.315 e. The number of hydrogen-bond donors (Lipinski definition) is 1. The summed E-state index contributed by atoms with van der Waals surface area (Å²) in [7, 11) is 0. The summed E-state index contributed by atoms with van der Waals surface area (Å²) >= 11 is 1.55. The summed E-state index contributed by atoms with van der Waals surface area (Å²) in [6.07, 6.45) is 3.53. The largest absolute Gasteiger partial charge is 0.315 e. The van der Waals surface area contributed by atoms with Gasteiger partial charge in [0.1, 0.15) is 0 Å². The highest BCUT2D eigenvalue weighted by Crippen LogP contribution is 2.38. The van der Waals surface area contributed by atoms with E-state index in [0.29, 0.717) is 5.92 Å². The molecule has 1 aliphatic rings. The zero-order valence-corrected chi connectivity index (χ0v) is 10.2. The molecule has 0 amide bonds. The third-order valence-corrected chi connectivity index (χ3v) is 3.81. The normalized spacial score (nSPS) is 28.0. The van der Waals surface area contributed by atoms with Gasteiger partial charge in [-0.2, -0.15) is 0 Å². The van der Waals surface area contributed by atoms with Crippen LogP contribution in [0.3, 0.4) is 0 Å². The van der Waals surface area contributed by atoms with Gasteiger partial charge in [-0.25, -0.2) is 0 Å². The highest BCUT2D eigenvalue weighted by atomic mass is 32.2. The van der Waals surface area contributed by atoms with Gasteiger partial charge in [-0.05, 0) is 31.7 Å². The average molecular weight is 215 g/mol. The Balaban J connectivity index is 2.61. The van der Waals surface area contributed by atoms with Gasteiger partial charge in [0.15, 0.2) is 5.12 Å². The van der Waals surface area contributed by atoms with Crippen LogP contribution < -0.4 is 5.32 Å². The molecule has 0 aromatic carbocycles. The van der Waals surface area contributed by atoms with Crippen LogP contribution in [-0.2, 0) is 4.79 Å². The van der Waals surface area contributed by atoms with Gasteiger partial charge in [0.2, 0.25) is 0 Å². The molecule has 1 fully saturated rings. The molecular formula is C11H21NOS. The van der Waals surface area contributed by atoms with Crippen molar-refractivity contribution < 1.29 is 4.79 Å². The Hall–Kier alpha value is -0.0200. The number of piperidine rings is 1. The molecule has 0 radical (unpaired) electrons. The standard InChI is InChI=1S/C11H21NOS/c1-9(2)7-11(14-10(3)13)5-4-6-12-8-11/h9,12H,4-8H2,1-3H3/t11-/m1/s1. The fourth-order valence-corrected chi connectivity index (χ4v) is 3.74. The number of nitrogens with one attached hydrogen (secondary N) is 1. The molecule has 1 saturated heterocycles. The zero-order valence-electron chi connectivity index (χ0n) is 9.43. The minimum atomic E-state index is 0.179. The van der Waals surface area contributed by atoms with Gasteiger partial charge in [-0.1, -0.05) is 25.6 Å². The molecule has 1 rings (SSSR count). The van der Waals surface area contributed by atoms with E-state index in [2.05, 4.69) is 19.2 Å². The van der Waals surface area contributed by atoms with Gasteiger partial charge in [0, 0.05) is 18.2 Å². The van der Waals surface area contributed by atoms with E-state index in [4.69, 9.17) is 0 Å². The second-order valence-electron chi connectivity index (χ2n) is 4.65. The lowest BCUT2D eigenvalue weighted by molar-refractivity contribution is -0.109. The van der Waals surface area contributed by atoms with E-state index in [1.54, 1.807) is 18.7 Å². The van der Waals surface area contributed by atoms with Crippen LogP contribution in [0.25, 0.3) is 0 Å². The topological polar surface area (TPSA) is 29.1 Å². The van der Waals surface area contributed by atoms with Gasteiger partial charge < -0.3 is 5.32 Å². The molecule has 1 aliphatic heterocycles. The van der Waals surface area contributed by atoms with Crippen LogP contribution in [-0.4, -0.2) is 23.0 Å². The van der Waals surface area contributed by atoms with Gasteiger partial charge in [-0.3, -0.25) is 4.79 Å². The van der Waals surface area contributed by atoms with Crippen molar-refractivity contribution in [3.05, 3.63) is 0 Å². The Kier molecular flexibility index (Phi) is 4.45. The van der Waals surface area contributed by atoms with Crippen LogP contribution >= 0.6 is 11.8 Å². The molecule has 0 spiro atoms. The van der Waals surface area contributed by atoms with Gasteiger partial charge in [0.25, 0.3) is 0 Å². The molecule has 82 valence electrons. The first kappa shape index (κ1) is 12.1. The summed E-state index contributed by atoms with van der Waals surface area (Å²) in [6, 6.07) is 0. The molecule has 0 aliphatic carbocycles. The van der Waals surface area contributed by atoms with Crippen molar-refractivity contribution in [1.82, 2.24) is 5.32 Å². The third kappa shape index (κ3) is 3.62. The molecule has 0 aromatic heterocycles. The van der Waals surface area contributed by atoms with E-state index in [0.717, 1.165) is 19.5 Å². The van der Waals surface area contributed by atoms with Crippen molar-refractivity contribution in [1.29, 1.82) is 0 Å². The number of carbonyl (C=O) groups excluding carboxylic acids is 1. The quantitative estimate of drug-likeness (QED) is 0.784. The number of carbonyl (C=O) groups is 1. The summed E-state index contributed by atoms with van der Waals surface area (Å²) < 4.78 is 0.179. The van der Waals surface area contributed by atoms with Crippen molar-refractivity contribution in [3.63, 3.8) is 0 Å². The fourth-order valence-electron chi connectivity index (χ4n) is 2.29. The maximum absolute atomic E-state index is 11.2. The predicted molar refractivity (Wildman–Crippen MR) is 62.6 cm³/mol. The van der Waals surface area contributed by atoms with E-state index in [1.807, 2.05) is 0 Å². The first-order chi connectivity index (χ1) is 6.54. The third-order valence-electron chi connectivity index (χ3n) is 2.57. The summed E-state index contributed by atoms with van der Waals surface area (Å²) in [6.45, 7) is 8.25. The lowest BCUT2D eigenvalue weighted by atomic mass is 9.89. The zero-order chi connectivity index (χ0) is 10.6. The maximum Gasteiger partial charge on any atom is 0.186 e. The molecular weight excluding hydrogens is 194 g/mol. The molecule has 0 aromatic rings. The van der Waals surface area contributed by atoms with Gasteiger partial charge >= 0.3 is 0 Å². The van der Waals surface area contributed by atoms with Crippen molar-refractivity contribution in [2.45, 2.75) is 44.8 Å². The van der Waals surface area contributed by atoms with Crippen LogP contribution in [0.15, 0.2) is 0 Å². The van der Waals surface area contributed by atoms with E-state index >= 15 is 0 Å². The Bertz CT molecular complexity index is 197. The Morgan fingerprint density at radius 2 is 2.29 bits per heavy atom. The number of hydrogen-bond acceptors (Lipinski definition) is 3. The van der Waals surface area contributed by atoms with E-state index in [-0.39, 0.29) is 9.86 Å². The minimum absolute atomic E-state index is 0.179. The molecule has 1 N–H and O–H groups in total. The summed E-state index contributed by atoms with van der Waals surface area (Å²) in [5, 5.41) is 3.67. The van der Waals surface area contributed by atoms with Crippen molar-refractivity contribution in [3.8, 4) is 0 Å². The predicted octanol–water partition coefficient (Wildman–Crippen LogP) is 2.43. The smallest absolute Gasteiger partial charge is 0.186 e. The Morgan fingerprint density at radius 3 is 2.71 bits per heavy atom. The first-order valence-corrected chi connectivity index (χ1v) is 6.26. The molecule has 2 nitrogen and oxygen atoms in total. The highest BCUT2D eigenvalue weighted by Gasteiger charge is 2.34. The first-order valence-electron chi connectivity index (χ1n) is 5.44. The monoisotopic (exact) mass is 215 g/mol. The second kappa shape index (κ2) is 5.17. The summed E-state index contributed by atoms with van der Waals surface area (Å²) in [5.41, 5.74) is 0. The average Bonchev–Trinajstić information content (AvgIpc) is 2.01. The van der Waals surface area contributed by atoms with E-state index in [1.165, 1.54) is 12.8 Å². The van der Waals surface area contributed by atoms with Crippen LogP contribution in [0.4, 0.5) is 0 Å². The Labute approximate surface area is 91.2 Å². The highest BCUT2D eigenvalue weighted by molar-refractivity contribution is 8.14. The van der Waals surface area contributed by atoms with Gasteiger partial charge in [0.05, 0.1) is 0 Å². The van der Waals surface area contributed by atoms with Crippen molar-refractivity contribution in [2.75, 3.05) is 13.1 Å². The Morgan fingerprint density at radius 1 is 1.57 bits per heavy atom. The lowest BCUT2D eigenvalue weighted by Gasteiger charge is -2.37. The molecule has 14 heavy (non-hydrogen) atoms. The molecule has 0 bridgehead atoms. The van der Waals surface area contributed by atoms with Gasteiger partial charge in [-0.15, -0.1) is 0 Å². The van der Waals surface area contributed by atoms with Crippen LogP contribution in [0, 0.1) is 5.92 Å². The van der Waals surface area contributed by atoms with E-state index in [9.17, 15) is 4.79 Å². The van der Waals surface area contributed by atoms with E-state index < -0.39 is 0 Å². The molecule has 0 saturated carbocycles. The number of thioether (sulfide) groups is 1. The second-order valence-corrected chi connectivity index (χ2v) is 6.30. The lowest BCUT2D eigenvalue weighted by Crippen LogP contribution is -2.44. The van der Waals surface area contributed by atoms with Crippen LogP contribution in [0.5, 0.6) is 0 Å². The molecule has 1 atom stereocenters. The molecule has 1 heterocycles. The molecule has 3 heteroatoms. The SMILES string of the molecule is CC(=O)S[C@@]1(CC(C)C)CCCNC1. The molecule has 0 unspecified atom stereocenters. The van der Waals surface area contributed by atoms with Crippen LogP contribution in [0.1, 0.15) is 40.0 Å².